The molecule has 0 spiro atoms. The number of carbonyl (C=O) groups is 2. The van der Waals surface area contributed by atoms with Crippen LogP contribution in [0.2, 0.25) is 0 Å². The number of rotatable bonds is 6. The predicted molar refractivity (Wildman–Crippen MR) is 83.3 cm³/mol. The monoisotopic (exact) mass is 305 g/mol. The number of Topliss-reactive ketones (excluding diaryl/α,β-unsaturated/α-hetero) is 1. The molecule has 1 aliphatic heterocycles. The number of ketones is 1. The van der Waals surface area contributed by atoms with E-state index in [-0.39, 0.29) is 11.7 Å². The fraction of sp³-hybridized carbons (Fsp3) is 0.529. The van der Waals surface area contributed by atoms with Crippen molar-refractivity contribution >= 4 is 11.8 Å². The van der Waals surface area contributed by atoms with Crippen LogP contribution in [0, 0.1) is 5.92 Å². The molecule has 0 radical (unpaired) electrons. The minimum absolute atomic E-state index is 0.0360. The molecule has 1 saturated heterocycles. The van der Waals surface area contributed by atoms with E-state index in [1.165, 1.54) is 0 Å². The van der Waals surface area contributed by atoms with Crippen LogP contribution in [0.5, 0.6) is 5.75 Å². The number of carboxylic acid groups (broad SMARTS) is 1. The highest BCUT2D eigenvalue weighted by molar-refractivity contribution is 5.94. The zero-order valence-electron chi connectivity index (χ0n) is 13.2. The number of ether oxygens (including phenoxy) is 1. The van der Waals surface area contributed by atoms with Crippen molar-refractivity contribution in [2.45, 2.75) is 33.2 Å². The van der Waals surface area contributed by atoms with Gasteiger partial charge in [-0.3, -0.25) is 14.5 Å². The van der Waals surface area contributed by atoms with Gasteiger partial charge in [0, 0.05) is 17.7 Å². The number of carbonyl (C=O) groups excluding carboxylic acids is 1. The van der Waals surface area contributed by atoms with Crippen molar-refractivity contribution in [1.82, 2.24) is 4.90 Å². The molecule has 5 heteroatoms. The van der Waals surface area contributed by atoms with Gasteiger partial charge in [-0.05, 0) is 58.0 Å². The number of hydrogen-bond acceptors (Lipinski definition) is 4. The lowest BCUT2D eigenvalue weighted by Gasteiger charge is -2.30. The average molecular weight is 305 g/mol. The number of nitrogens with zero attached hydrogens (tertiary/aromatic N) is 1. The number of carboxylic acids is 1. The first-order valence-corrected chi connectivity index (χ1v) is 7.73. The van der Waals surface area contributed by atoms with Gasteiger partial charge >= 0.3 is 5.97 Å². The van der Waals surface area contributed by atoms with Crippen LogP contribution in [-0.2, 0) is 11.3 Å². The van der Waals surface area contributed by atoms with Crippen LogP contribution in [-0.4, -0.2) is 41.5 Å². The topological polar surface area (TPSA) is 66.8 Å². The van der Waals surface area contributed by atoms with Crippen LogP contribution < -0.4 is 4.74 Å². The summed E-state index contributed by atoms with van der Waals surface area (Å²) in [5.41, 5.74) is 1.67. The van der Waals surface area contributed by atoms with Gasteiger partial charge < -0.3 is 9.84 Å². The van der Waals surface area contributed by atoms with Gasteiger partial charge in [0.1, 0.15) is 5.75 Å². The summed E-state index contributed by atoms with van der Waals surface area (Å²) in [6.07, 6.45) is 1.34. The standard InChI is InChI=1S/C17H23NO4/c1-3-22-16-5-4-14(12(2)19)10-15(16)11-18-8-6-13(7-9-18)17(20)21/h4-5,10,13H,3,6-9,11H2,1-2H3,(H,20,21). The molecule has 1 aromatic rings. The normalized spacial score (nSPS) is 16.5. The molecule has 0 atom stereocenters. The second kappa shape index (κ2) is 7.40. The van der Waals surface area contributed by atoms with Crippen LogP contribution in [0.25, 0.3) is 0 Å². The Morgan fingerprint density at radius 3 is 2.55 bits per heavy atom. The molecule has 1 heterocycles. The van der Waals surface area contributed by atoms with Crippen molar-refractivity contribution in [2.24, 2.45) is 5.92 Å². The van der Waals surface area contributed by atoms with Gasteiger partial charge in [-0.25, -0.2) is 0 Å². The highest BCUT2D eigenvalue weighted by Crippen LogP contribution is 2.25. The van der Waals surface area contributed by atoms with Gasteiger partial charge in [-0.15, -0.1) is 0 Å². The van der Waals surface area contributed by atoms with E-state index in [0.717, 1.165) is 24.4 Å². The molecule has 22 heavy (non-hydrogen) atoms. The van der Waals surface area contributed by atoms with Crippen molar-refractivity contribution in [3.05, 3.63) is 29.3 Å². The lowest BCUT2D eigenvalue weighted by molar-refractivity contribution is -0.143. The Kier molecular flexibility index (Phi) is 5.55. The Hall–Kier alpha value is -1.88. The minimum Gasteiger partial charge on any atom is -0.494 e. The first-order valence-electron chi connectivity index (χ1n) is 7.73. The minimum atomic E-state index is -0.701. The summed E-state index contributed by atoms with van der Waals surface area (Å²) in [6.45, 7) is 6.26. The van der Waals surface area contributed by atoms with E-state index in [1.54, 1.807) is 13.0 Å². The molecule has 0 aromatic heterocycles. The van der Waals surface area contributed by atoms with Crippen molar-refractivity contribution in [1.29, 1.82) is 0 Å². The molecule has 0 aliphatic carbocycles. The Labute approximate surface area is 130 Å². The van der Waals surface area contributed by atoms with Crippen LogP contribution in [0.4, 0.5) is 0 Å². The van der Waals surface area contributed by atoms with Gasteiger partial charge in [0.25, 0.3) is 0 Å². The maximum absolute atomic E-state index is 11.6. The third kappa shape index (κ3) is 4.07. The predicted octanol–water partition coefficient (Wildman–Crippen LogP) is 2.58. The highest BCUT2D eigenvalue weighted by atomic mass is 16.5. The second-order valence-corrected chi connectivity index (χ2v) is 5.70. The van der Waals surface area contributed by atoms with Crippen molar-refractivity contribution < 1.29 is 19.4 Å². The lowest BCUT2D eigenvalue weighted by Crippen LogP contribution is -2.35. The van der Waals surface area contributed by atoms with Crippen LogP contribution in [0.3, 0.4) is 0 Å². The number of aliphatic carboxylic acids is 1. The SMILES string of the molecule is CCOc1ccc(C(C)=O)cc1CN1CCC(C(=O)O)CC1. The lowest BCUT2D eigenvalue weighted by atomic mass is 9.96. The van der Waals surface area contributed by atoms with E-state index in [4.69, 9.17) is 9.84 Å². The Morgan fingerprint density at radius 2 is 2.00 bits per heavy atom. The summed E-state index contributed by atoms with van der Waals surface area (Å²) in [7, 11) is 0. The quantitative estimate of drug-likeness (QED) is 0.818. The van der Waals surface area contributed by atoms with Crippen molar-refractivity contribution in [2.75, 3.05) is 19.7 Å². The van der Waals surface area contributed by atoms with Gasteiger partial charge in [0.15, 0.2) is 5.78 Å². The summed E-state index contributed by atoms with van der Waals surface area (Å²) < 4.78 is 5.64. The average Bonchev–Trinajstić information content (AvgIpc) is 2.49. The van der Waals surface area contributed by atoms with E-state index in [0.29, 0.717) is 31.6 Å². The fourth-order valence-electron chi connectivity index (χ4n) is 2.80. The molecule has 2 rings (SSSR count). The third-order valence-electron chi connectivity index (χ3n) is 4.10. The number of hydrogen-bond donors (Lipinski definition) is 1. The highest BCUT2D eigenvalue weighted by Gasteiger charge is 2.25. The summed E-state index contributed by atoms with van der Waals surface area (Å²) in [5, 5.41) is 9.05. The molecule has 0 unspecified atom stereocenters. The molecule has 1 aromatic carbocycles. The molecular weight excluding hydrogens is 282 g/mol. The van der Waals surface area contributed by atoms with Gasteiger partial charge in [-0.2, -0.15) is 0 Å². The first kappa shape index (κ1) is 16.5. The smallest absolute Gasteiger partial charge is 0.306 e. The molecule has 1 N–H and O–H groups in total. The van der Waals surface area contributed by atoms with E-state index >= 15 is 0 Å². The third-order valence-corrected chi connectivity index (χ3v) is 4.10. The molecular formula is C17H23NO4. The Balaban J connectivity index is 2.09. The van der Waals surface area contributed by atoms with Crippen molar-refractivity contribution in [3.8, 4) is 5.75 Å². The van der Waals surface area contributed by atoms with Gasteiger partial charge in [-0.1, -0.05) is 0 Å². The van der Waals surface area contributed by atoms with E-state index in [1.807, 2.05) is 19.1 Å². The maximum atomic E-state index is 11.6. The summed E-state index contributed by atoms with van der Waals surface area (Å²) >= 11 is 0. The number of benzene rings is 1. The van der Waals surface area contributed by atoms with Crippen LogP contribution in [0.15, 0.2) is 18.2 Å². The number of likely N-dealkylation sites (tertiary alicyclic amines) is 1. The molecule has 1 aliphatic rings. The second-order valence-electron chi connectivity index (χ2n) is 5.70. The largest absolute Gasteiger partial charge is 0.494 e. The Morgan fingerprint density at radius 1 is 1.32 bits per heavy atom. The molecule has 0 amide bonds. The Bertz CT molecular complexity index is 548. The summed E-state index contributed by atoms with van der Waals surface area (Å²) in [6, 6.07) is 5.52. The van der Waals surface area contributed by atoms with Crippen molar-refractivity contribution in [3.63, 3.8) is 0 Å². The zero-order chi connectivity index (χ0) is 16.1. The first-order chi connectivity index (χ1) is 10.5. The molecule has 0 saturated carbocycles. The van der Waals surface area contributed by atoms with E-state index in [9.17, 15) is 9.59 Å². The number of piperidine rings is 1. The van der Waals surface area contributed by atoms with Crippen LogP contribution in [0.1, 0.15) is 42.6 Å². The summed E-state index contributed by atoms with van der Waals surface area (Å²) in [5.74, 6) is -0.0962. The zero-order valence-corrected chi connectivity index (χ0v) is 13.2. The molecule has 120 valence electrons. The molecule has 5 nitrogen and oxygen atoms in total. The molecule has 1 fully saturated rings. The maximum Gasteiger partial charge on any atom is 0.306 e. The van der Waals surface area contributed by atoms with Gasteiger partial charge in [0.2, 0.25) is 0 Å². The van der Waals surface area contributed by atoms with Gasteiger partial charge in [0.05, 0.1) is 12.5 Å². The molecule has 0 bridgehead atoms. The van der Waals surface area contributed by atoms with E-state index < -0.39 is 5.97 Å². The summed E-state index contributed by atoms with van der Waals surface area (Å²) in [4.78, 5) is 24.8. The fourth-order valence-corrected chi connectivity index (χ4v) is 2.80. The van der Waals surface area contributed by atoms with Crippen LogP contribution >= 0.6 is 0 Å². The van der Waals surface area contributed by atoms with E-state index in [2.05, 4.69) is 4.90 Å².